The van der Waals surface area contributed by atoms with Crippen molar-refractivity contribution >= 4 is 17.2 Å². The van der Waals surface area contributed by atoms with Crippen LogP contribution in [0.1, 0.15) is 44.2 Å². The van der Waals surface area contributed by atoms with E-state index in [1.54, 1.807) is 23.5 Å². The number of thiophene rings is 1. The number of benzene rings is 1. The summed E-state index contributed by atoms with van der Waals surface area (Å²) in [6.07, 6.45) is 2.64. The molecule has 0 N–H and O–H groups in total. The minimum Gasteiger partial charge on any atom is -0.335 e. The lowest BCUT2D eigenvalue weighted by Crippen LogP contribution is -2.43. The van der Waals surface area contributed by atoms with Gasteiger partial charge in [-0.05, 0) is 66.3 Å². The topological polar surface area (TPSA) is 20.3 Å². The zero-order valence-electron chi connectivity index (χ0n) is 13.6. The van der Waals surface area contributed by atoms with E-state index in [0.29, 0.717) is 6.54 Å². The molecule has 1 aromatic heterocycles. The van der Waals surface area contributed by atoms with Crippen LogP contribution in [0, 0.1) is 5.82 Å². The highest BCUT2D eigenvalue weighted by Gasteiger charge is 2.53. The maximum Gasteiger partial charge on any atom is 0.233 e. The lowest BCUT2D eigenvalue weighted by molar-refractivity contribution is -0.136. The second kappa shape index (κ2) is 6.44. The number of carbonyl (C=O) groups is 1. The third-order valence-electron chi connectivity index (χ3n) is 4.87. The summed E-state index contributed by atoms with van der Waals surface area (Å²) >= 11 is 1.65. The molecule has 0 saturated heterocycles. The van der Waals surface area contributed by atoms with Gasteiger partial charge in [-0.3, -0.25) is 4.79 Å². The number of hydrogen-bond donors (Lipinski definition) is 0. The summed E-state index contributed by atoms with van der Waals surface area (Å²) in [5.41, 5.74) is 1.69. The predicted molar refractivity (Wildman–Crippen MR) is 91.9 cm³/mol. The SMILES string of the molecule is CCC(C)N(Cc1ccsc1)C(=O)C1(c2ccc(F)cc2)CC1. The summed E-state index contributed by atoms with van der Waals surface area (Å²) in [7, 11) is 0. The average molecular weight is 331 g/mol. The second-order valence-electron chi connectivity index (χ2n) is 6.41. The molecule has 0 aliphatic heterocycles. The Balaban J connectivity index is 1.86. The Morgan fingerprint density at radius 2 is 2.00 bits per heavy atom. The van der Waals surface area contributed by atoms with E-state index in [2.05, 4.69) is 25.3 Å². The highest BCUT2D eigenvalue weighted by molar-refractivity contribution is 7.07. The van der Waals surface area contributed by atoms with E-state index < -0.39 is 5.41 Å². The van der Waals surface area contributed by atoms with Gasteiger partial charge in [0.1, 0.15) is 5.82 Å². The first-order valence-electron chi connectivity index (χ1n) is 8.15. The molecule has 0 radical (unpaired) electrons. The molecule has 1 unspecified atom stereocenters. The Labute approximate surface area is 140 Å². The Bertz CT molecular complexity index is 661. The number of carbonyl (C=O) groups excluding carboxylic acids is 1. The summed E-state index contributed by atoms with van der Waals surface area (Å²) in [4.78, 5) is 15.3. The van der Waals surface area contributed by atoms with E-state index >= 15 is 0 Å². The van der Waals surface area contributed by atoms with E-state index in [9.17, 15) is 9.18 Å². The Morgan fingerprint density at radius 1 is 1.30 bits per heavy atom. The minimum absolute atomic E-state index is 0.185. The van der Waals surface area contributed by atoms with E-state index in [-0.39, 0.29) is 17.8 Å². The monoisotopic (exact) mass is 331 g/mol. The molecule has 1 atom stereocenters. The zero-order chi connectivity index (χ0) is 16.4. The van der Waals surface area contributed by atoms with Crippen molar-refractivity contribution in [3.05, 3.63) is 58.0 Å². The van der Waals surface area contributed by atoms with Gasteiger partial charge in [0.25, 0.3) is 0 Å². The summed E-state index contributed by atoms with van der Waals surface area (Å²) in [6, 6.07) is 8.70. The molecule has 1 saturated carbocycles. The van der Waals surface area contributed by atoms with Crippen molar-refractivity contribution in [2.24, 2.45) is 0 Å². The maximum absolute atomic E-state index is 13.3. The van der Waals surface area contributed by atoms with Crippen LogP contribution in [0.5, 0.6) is 0 Å². The molecule has 4 heteroatoms. The van der Waals surface area contributed by atoms with Gasteiger partial charge in [-0.2, -0.15) is 11.3 Å². The van der Waals surface area contributed by atoms with Crippen molar-refractivity contribution in [3.63, 3.8) is 0 Å². The van der Waals surface area contributed by atoms with Crippen molar-refractivity contribution in [1.82, 2.24) is 4.90 Å². The molecule has 1 heterocycles. The molecule has 3 rings (SSSR count). The van der Waals surface area contributed by atoms with Gasteiger partial charge >= 0.3 is 0 Å². The first-order chi connectivity index (χ1) is 11.1. The van der Waals surface area contributed by atoms with E-state index in [4.69, 9.17) is 0 Å². The molecule has 2 nitrogen and oxygen atoms in total. The van der Waals surface area contributed by atoms with Crippen molar-refractivity contribution in [1.29, 1.82) is 0 Å². The van der Waals surface area contributed by atoms with Crippen LogP contribution in [0.2, 0.25) is 0 Å². The molecule has 23 heavy (non-hydrogen) atoms. The van der Waals surface area contributed by atoms with Crippen molar-refractivity contribution < 1.29 is 9.18 Å². The zero-order valence-corrected chi connectivity index (χ0v) is 14.4. The van der Waals surface area contributed by atoms with Gasteiger partial charge in [-0.25, -0.2) is 4.39 Å². The van der Waals surface area contributed by atoms with E-state index in [1.807, 2.05) is 10.3 Å². The Hall–Kier alpha value is -1.68. The van der Waals surface area contributed by atoms with Crippen LogP contribution in [0.15, 0.2) is 41.1 Å². The van der Waals surface area contributed by atoms with Gasteiger partial charge in [0.15, 0.2) is 0 Å². The molecule has 122 valence electrons. The normalized spacial score (nSPS) is 16.8. The van der Waals surface area contributed by atoms with Crippen molar-refractivity contribution in [2.45, 2.75) is 51.1 Å². The second-order valence-corrected chi connectivity index (χ2v) is 7.19. The molecule has 1 aromatic carbocycles. The van der Waals surface area contributed by atoms with Crippen LogP contribution in [-0.2, 0) is 16.8 Å². The van der Waals surface area contributed by atoms with Crippen LogP contribution in [0.3, 0.4) is 0 Å². The van der Waals surface area contributed by atoms with Gasteiger partial charge in [-0.15, -0.1) is 0 Å². The fourth-order valence-corrected chi connectivity index (χ4v) is 3.68. The number of nitrogens with zero attached hydrogens (tertiary/aromatic N) is 1. The molecular weight excluding hydrogens is 309 g/mol. The molecule has 1 aliphatic rings. The van der Waals surface area contributed by atoms with Crippen LogP contribution >= 0.6 is 11.3 Å². The number of rotatable bonds is 6. The first kappa shape index (κ1) is 16.2. The molecule has 0 bridgehead atoms. The summed E-state index contributed by atoms with van der Waals surface area (Å²) in [5.74, 6) is -0.0706. The molecule has 1 aliphatic carbocycles. The standard InChI is InChI=1S/C19H22FNOS/c1-3-14(2)21(12-15-8-11-23-13-15)18(22)19(9-10-19)16-4-6-17(20)7-5-16/h4-8,11,13-14H,3,9-10,12H2,1-2H3. The number of amides is 1. The summed E-state index contributed by atoms with van der Waals surface area (Å²) in [6.45, 7) is 4.86. The van der Waals surface area contributed by atoms with E-state index in [1.165, 1.54) is 17.7 Å². The molecule has 1 amide bonds. The van der Waals surface area contributed by atoms with Gasteiger partial charge in [0.05, 0.1) is 5.41 Å². The number of halogens is 1. The molecule has 2 aromatic rings. The van der Waals surface area contributed by atoms with Crippen LogP contribution in [0.4, 0.5) is 4.39 Å². The highest BCUT2D eigenvalue weighted by atomic mass is 32.1. The summed E-state index contributed by atoms with van der Waals surface area (Å²) < 4.78 is 13.2. The highest BCUT2D eigenvalue weighted by Crippen LogP contribution is 2.50. The average Bonchev–Trinajstić information content (AvgIpc) is 3.21. The van der Waals surface area contributed by atoms with Crippen molar-refractivity contribution in [2.75, 3.05) is 0 Å². The molecular formula is C19H22FNOS. The Kier molecular flexibility index (Phi) is 4.53. The third-order valence-corrected chi connectivity index (χ3v) is 5.61. The van der Waals surface area contributed by atoms with Crippen molar-refractivity contribution in [3.8, 4) is 0 Å². The van der Waals surface area contributed by atoms with Crippen LogP contribution < -0.4 is 0 Å². The molecule has 1 fully saturated rings. The van der Waals surface area contributed by atoms with Crippen LogP contribution in [-0.4, -0.2) is 16.8 Å². The lowest BCUT2D eigenvalue weighted by atomic mass is 9.93. The molecule has 0 spiro atoms. The van der Waals surface area contributed by atoms with Gasteiger partial charge in [0, 0.05) is 12.6 Å². The van der Waals surface area contributed by atoms with Gasteiger partial charge < -0.3 is 4.90 Å². The predicted octanol–water partition coefficient (Wildman–Crippen LogP) is 4.75. The van der Waals surface area contributed by atoms with Gasteiger partial charge in [-0.1, -0.05) is 19.1 Å². The first-order valence-corrected chi connectivity index (χ1v) is 9.09. The fraction of sp³-hybridized carbons (Fsp3) is 0.421. The quantitative estimate of drug-likeness (QED) is 0.748. The lowest BCUT2D eigenvalue weighted by Gasteiger charge is -2.32. The van der Waals surface area contributed by atoms with Gasteiger partial charge in [0.2, 0.25) is 5.91 Å². The summed E-state index contributed by atoms with van der Waals surface area (Å²) in [5, 5.41) is 4.14. The minimum atomic E-state index is -0.437. The third kappa shape index (κ3) is 3.18. The Morgan fingerprint density at radius 3 is 2.52 bits per heavy atom. The van der Waals surface area contributed by atoms with E-state index in [0.717, 1.165) is 24.8 Å². The fourth-order valence-electron chi connectivity index (χ4n) is 3.02. The largest absolute Gasteiger partial charge is 0.335 e. The maximum atomic E-state index is 13.3. The van der Waals surface area contributed by atoms with Crippen LogP contribution in [0.25, 0.3) is 0 Å². The number of hydrogen-bond acceptors (Lipinski definition) is 2. The smallest absolute Gasteiger partial charge is 0.233 e.